The lowest BCUT2D eigenvalue weighted by Crippen LogP contribution is -2.15. The number of hydrogen-bond acceptors (Lipinski definition) is 3. The maximum atomic E-state index is 8.52. The lowest BCUT2D eigenvalue weighted by atomic mass is 9.94. The first kappa shape index (κ1) is 9.26. The van der Waals surface area contributed by atoms with Crippen molar-refractivity contribution in [3.05, 3.63) is 11.8 Å². The molecular weight excluding hydrogens is 152 g/mol. The number of aliphatic hydroxyl groups excluding tert-OH is 1. The molecule has 0 bridgehead atoms. The Balaban J connectivity index is 2.36. The highest BCUT2D eigenvalue weighted by molar-refractivity contribution is 5.98. The van der Waals surface area contributed by atoms with E-state index in [0.29, 0.717) is 6.54 Å². The minimum atomic E-state index is 0.150. The first-order valence-electron chi connectivity index (χ1n) is 4.45. The van der Waals surface area contributed by atoms with Crippen LogP contribution in [0.3, 0.4) is 0 Å². The Labute approximate surface area is 73.0 Å². The largest absolute Gasteiger partial charge is 0.395 e. The van der Waals surface area contributed by atoms with Crippen molar-refractivity contribution in [3.8, 4) is 0 Å². The van der Waals surface area contributed by atoms with Gasteiger partial charge in [0.2, 0.25) is 0 Å². The molecule has 68 valence electrons. The van der Waals surface area contributed by atoms with Crippen molar-refractivity contribution < 1.29 is 5.11 Å². The molecule has 0 aromatic carbocycles. The summed E-state index contributed by atoms with van der Waals surface area (Å²) in [6.45, 7) is 0.730. The summed E-state index contributed by atoms with van der Waals surface area (Å²) in [5, 5.41) is 19.1. The molecule has 1 aliphatic carbocycles. The fraction of sp³-hybridized carbons (Fsp3) is 0.667. The second-order valence-corrected chi connectivity index (χ2v) is 3.03. The molecular formula is C9H16N2O. The van der Waals surface area contributed by atoms with Crippen LogP contribution in [0.1, 0.15) is 25.7 Å². The van der Waals surface area contributed by atoms with Crippen molar-refractivity contribution in [3.63, 3.8) is 0 Å². The van der Waals surface area contributed by atoms with Gasteiger partial charge in [0.25, 0.3) is 0 Å². The highest BCUT2D eigenvalue weighted by Crippen LogP contribution is 2.18. The van der Waals surface area contributed by atoms with E-state index < -0.39 is 0 Å². The normalized spacial score (nSPS) is 21.4. The SMILES string of the molecule is N=C1CCCC/C1=C/NCCO. The van der Waals surface area contributed by atoms with E-state index in [1.165, 1.54) is 6.42 Å². The molecule has 1 saturated carbocycles. The summed E-state index contributed by atoms with van der Waals surface area (Å²) >= 11 is 0. The van der Waals surface area contributed by atoms with E-state index >= 15 is 0 Å². The Kier molecular flexibility index (Phi) is 3.80. The topological polar surface area (TPSA) is 56.1 Å². The average Bonchev–Trinajstić information content (AvgIpc) is 2.09. The molecule has 0 amide bonds. The number of aliphatic hydroxyl groups is 1. The summed E-state index contributed by atoms with van der Waals surface area (Å²) in [6, 6.07) is 0. The van der Waals surface area contributed by atoms with E-state index in [2.05, 4.69) is 5.32 Å². The van der Waals surface area contributed by atoms with Crippen LogP contribution in [0.4, 0.5) is 0 Å². The van der Waals surface area contributed by atoms with E-state index in [1.807, 2.05) is 6.20 Å². The number of allylic oxidation sites excluding steroid dienone is 1. The highest BCUT2D eigenvalue weighted by Gasteiger charge is 2.10. The minimum absolute atomic E-state index is 0.150. The van der Waals surface area contributed by atoms with Crippen molar-refractivity contribution in [2.75, 3.05) is 13.2 Å². The summed E-state index contributed by atoms with van der Waals surface area (Å²) in [5.74, 6) is 0. The summed E-state index contributed by atoms with van der Waals surface area (Å²) in [5.41, 5.74) is 1.86. The molecule has 0 saturated heterocycles. The minimum Gasteiger partial charge on any atom is -0.395 e. The molecule has 3 heteroatoms. The summed E-state index contributed by atoms with van der Waals surface area (Å²) < 4.78 is 0. The fourth-order valence-electron chi connectivity index (χ4n) is 1.35. The molecule has 1 rings (SSSR count). The third kappa shape index (κ3) is 2.66. The Hall–Kier alpha value is -0.830. The molecule has 3 N–H and O–H groups in total. The van der Waals surface area contributed by atoms with Gasteiger partial charge in [0, 0.05) is 18.5 Å². The van der Waals surface area contributed by atoms with Gasteiger partial charge in [-0.1, -0.05) is 0 Å². The van der Waals surface area contributed by atoms with E-state index in [1.54, 1.807) is 0 Å². The van der Waals surface area contributed by atoms with Crippen LogP contribution in [0, 0.1) is 5.41 Å². The van der Waals surface area contributed by atoms with Gasteiger partial charge in [-0.25, -0.2) is 0 Å². The molecule has 0 aliphatic heterocycles. The molecule has 0 radical (unpaired) electrons. The predicted molar refractivity (Wildman–Crippen MR) is 49.4 cm³/mol. The second-order valence-electron chi connectivity index (χ2n) is 3.03. The lowest BCUT2D eigenvalue weighted by Gasteiger charge is -2.15. The van der Waals surface area contributed by atoms with Gasteiger partial charge in [-0.15, -0.1) is 0 Å². The van der Waals surface area contributed by atoms with Gasteiger partial charge in [0.1, 0.15) is 0 Å². The summed E-state index contributed by atoms with van der Waals surface area (Å²) in [7, 11) is 0. The van der Waals surface area contributed by atoms with Gasteiger partial charge in [0.15, 0.2) is 0 Å². The number of rotatable bonds is 3. The standard InChI is InChI=1S/C9H16N2O/c10-9-4-2-1-3-8(9)7-11-5-6-12/h7,10-12H,1-6H2/b8-7-,10-9?. The Morgan fingerprint density at radius 3 is 2.83 bits per heavy atom. The zero-order valence-electron chi connectivity index (χ0n) is 7.27. The maximum absolute atomic E-state index is 8.52. The van der Waals surface area contributed by atoms with Crippen LogP contribution in [-0.4, -0.2) is 24.0 Å². The Morgan fingerprint density at radius 2 is 2.17 bits per heavy atom. The molecule has 0 spiro atoms. The molecule has 0 atom stereocenters. The first-order chi connectivity index (χ1) is 5.84. The summed E-state index contributed by atoms with van der Waals surface area (Å²) in [4.78, 5) is 0. The third-order valence-electron chi connectivity index (χ3n) is 2.04. The molecule has 0 heterocycles. The van der Waals surface area contributed by atoms with Crippen LogP contribution in [0.5, 0.6) is 0 Å². The van der Waals surface area contributed by atoms with Gasteiger partial charge in [-0.2, -0.15) is 0 Å². The van der Waals surface area contributed by atoms with Crippen LogP contribution < -0.4 is 5.32 Å². The van der Waals surface area contributed by atoms with Crippen LogP contribution in [0.15, 0.2) is 11.8 Å². The van der Waals surface area contributed by atoms with Gasteiger partial charge < -0.3 is 15.8 Å². The van der Waals surface area contributed by atoms with Crippen molar-refractivity contribution in [1.82, 2.24) is 5.32 Å². The van der Waals surface area contributed by atoms with Crippen LogP contribution >= 0.6 is 0 Å². The fourth-order valence-corrected chi connectivity index (χ4v) is 1.35. The van der Waals surface area contributed by atoms with Crippen LogP contribution in [0.25, 0.3) is 0 Å². The molecule has 12 heavy (non-hydrogen) atoms. The molecule has 0 aromatic rings. The van der Waals surface area contributed by atoms with Gasteiger partial charge in [0.05, 0.1) is 6.61 Å². The van der Waals surface area contributed by atoms with Crippen LogP contribution in [-0.2, 0) is 0 Å². The van der Waals surface area contributed by atoms with E-state index in [-0.39, 0.29) is 6.61 Å². The smallest absolute Gasteiger partial charge is 0.0603 e. The Morgan fingerprint density at radius 1 is 1.42 bits per heavy atom. The molecule has 1 fully saturated rings. The maximum Gasteiger partial charge on any atom is 0.0603 e. The zero-order valence-corrected chi connectivity index (χ0v) is 7.27. The quantitative estimate of drug-likeness (QED) is 0.552. The summed E-state index contributed by atoms with van der Waals surface area (Å²) in [6.07, 6.45) is 6.13. The molecule has 3 nitrogen and oxygen atoms in total. The van der Waals surface area contributed by atoms with Crippen molar-refractivity contribution in [1.29, 1.82) is 5.41 Å². The van der Waals surface area contributed by atoms with Crippen molar-refractivity contribution in [2.24, 2.45) is 0 Å². The molecule has 0 unspecified atom stereocenters. The van der Waals surface area contributed by atoms with Gasteiger partial charge >= 0.3 is 0 Å². The number of hydrogen-bond donors (Lipinski definition) is 3. The Bertz CT molecular complexity index is 187. The monoisotopic (exact) mass is 168 g/mol. The van der Waals surface area contributed by atoms with Crippen molar-refractivity contribution in [2.45, 2.75) is 25.7 Å². The van der Waals surface area contributed by atoms with E-state index in [4.69, 9.17) is 10.5 Å². The van der Waals surface area contributed by atoms with E-state index in [9.17, 15) is 0 Å². The zero-order chi connectivity index (χ0) is 8.81. The van der Waals surface area contributed by atoms with Crippen LogP contribution in [0.2, 0.25) is 0 Å². The average molecular weight is 168 g/mol. The third-order valence-corrected chi connectivity index (χ3v) is 2.04. The predicted octanol–water partition coefficient (Wildman–Crippen LogP) is 1.05. The van der Waals surface area contributed by atoms with Gasteiger partial charge in [-0.05, 0) is 31.3 Å². The second kappa shape index (κ2) is 4.93. The van der Waals surface area contributed by atoms with E-state index in [0.717, 1.165) is 30.5 Å². The lowest BCUT2D eigenvalue weighted by molar-refractivity contribution is 0.298. The number of nitrogens with one attached hydrogen (secondary N) is 2. The van der Waals surface area contributed by atoms with Crippen molar-refractivity contribution >= 4 is 5.71 Å². The van der Waals surface area contributed by atoms with Gasteiger partial charge in [-0.3, -0.25) is 0 Å². The first-order valence-corrected chi connectivity index (χ1v) is 4.45. The molecule has 0 aromatic heterocycles. The molecule has 1 aliphatic rings. The highest BCUT2D eigenvalue weighted by atomic mass is 16.3.